The molecule has 6 nitrogen and oxygen atoms in total. The summed E-state index contributed by atoms with van der Waals surface area (Å²) in [5.74, 6) is -0.238. The zero-order chi connectivity index (χ0) is 14.3. The van der Waals surface area contributed by atoms with Gasteiger partial charge in [0.15, 0.2) is 5.13 Å². The molecular weight excluding hydrogens is 276 g/mol. The van der Waals surface area contributed by atoms with E-state index in [-0.39, 0.29) is 11.6 Å². The van der Waals surface area contributed by atoms with Crippen molar-refractivity contribution in [3.05, 3.63) is 45.8 Å². The number of aryl methyl sites for hydroxylation is 2. The van der Waals surface area contributed by atoms with Gasteiger partial charge >= 0.3 is 5.69 Å². The van der Waals surface area contributed by atoms with Crippen LogP contribution < -0.4 is 11.0 Å². The van der Waals surface area contributed by atoms with E-state index in [1.54, 1.807) is 48.4 Å². The molecule has 0 spiro atoms. The molecule has 0 saturated heterocycles. The fourth-order valence-corrected chi connectivity index (χ4v) is 2.63. The highest BCUT2D eigenvalue weighted by atomic mass is 32.1. The van der Waals surface area contributed by atoms with Gasteiger partial charge in [-0.15, -0.1) is 11.3 Å². The third-order valence-corrected chi connectivity index (χ3v) is 3.88. The van der Waals surface area contributed by atoms with E-state index in [0.29, 0.717) is 10.7 Å². The number of carbonyl (C=O) groups is 1. The van der Waals surface area contributed by atoms with Gasteiger partial charge in [0.25, 0.3) is 5.91 Å². The number of rotatable bonds is 2. The lowest BCUT2D eigenvalue weighted by Crippen LogP contribution is -2.19. The quantitative estimate of drug-likeness (QED) is 0.778. The summed E-state index contributed by atoms with van der Waals surface area (Å²) >= 11 is 1.36. The smallest absolute Gasteiger partial charge is 0.298 e. The fraction of sp³-hybridized carbons (Fsp3) is 0.154. The van der Waals surface area contributed by atoms with Crippen molar-refractivity contribution in [2.45, 2.75) is 0 Å². The van der Waals surface area contributed by atoms with Crippen LogP contribution in [-0.4, -0.2) is 20.0 Å². The van der Waals surface area contributed by atoms with E-state index < -0.39 is 0 Å². The van der Waals surface area contributed by atoms with Crippen molar-refractivity contribution in [2.24, 2.45) is 14.1 Å². The Kier molecular flexibility index (Phi) is 2.90. The minimum absolute atomic E-state index is 0.113. The number of hydrogen-bond donors (Lipinski definition) is 1. The second-order valence-corrected chi connectivity index (χ2v) is 5.29. The minimum atomic E-state index is -0.238. The summed E-state index contributed by atoms with van der Waals surface area (Å²) in [7, 11) is 3.40. The van der Waals surface area contributed by atoms with Crippen molar-refractivity contribution in [1.29, 1.82) is 0 Å². The second kappa shape index (κ2) is 4.61. The molecule has 0 saturated carbocycles. The lowest BCUT2D eigenvalue weighted by molar-refractivity contribution is 0.102. The minimum Gasteiger partial charge on any atom is -0.298 e. The van der Waals surface area contributed by atoms with Crippen LogP contribution in [0.15, 0.2) is 34.6 Å². The van der Waals surface area contributed by atoms with Gasteiger partial charge in [0.05, 0.1) is 11.0 Å². The first kappa shape index (κ1) is 12.6. The molecule has 0 radical (unpaired) electrons. The molecule has 0 aliphatic heterocycles. The van der Waals surface area contributed by atoms with Crippen molar-refractivity contribution in [1.82, 2.24) is 14.1 Å². The molecule has 3 rings (SSSR count). The first-order chi connectivity index (χ1) is 9.58. The fourth-order valence-electron chi connectivity index (χ4n) is 2.10. The van der Waals surface area contributed by atoms with Crippen molar-refractivity contribution in [3.8, 4) is 0 Å². The van der Waals surface area contributed by atoms with Gasteiger partial charge in [-0.1, -0.05) is 0 Å². The first-order valence-electron chi connectivity index (χ1n) is 5.94. The van der Waals surface area contributed by atoms with Crippen LogP contribution in [0.4, 0.5) is 5.13 Å². The van der Waals surface area contributed by atoms with Gasteiger partial charge in [-0.3, -0.25) is 19.2 Å². The summed E-state index contributed by atoms with van der Waals surface area (Å²) in [5.41, 5.74) is 1.90. The lowest BCUT2D eigenvalue weighted by Gasteiger charge is -2.02. The number of amides is 1. The summed E-state index contributed by atoms with van der Waals surface area (Å²) < 4.78 is 3.08. The van der Waals surface area contributed by atoms with Gasteiger partial charge in [-0.05, 0) is 18.2 Å². The molecule has 0 aliphatic carbocycles. The summed E-state index contributed by atoms with van der Waals surface area (Å²) in [6, 6.07) is 5.18. The van der Waals surface area contributed by atoms with Crippen LogP contribution in [0.1, 0.15) is 10.4 Å². The van der Waals surface area contributed by atoms with Gasteiger partial charge < -0.3 is 0 Å². The van der Waals surface area contributed by atoms with E-state index in [2.05, 4.69) is 10.3 Å². The number of carbonyl (C=O) groups excluding carboxylic acids is 1. The Bertz CT molecular complexity index is 845. The normalized spacial score (nSPS) is 10.9. The van der Waals surface area contributed by atoms with E-state index >= 15 is 0 Å². The topological polar surface area (TPSA) is 68.9 Å². The maximum absolute atomic E-state index is 12.1. The zero-order valence-corrected chi connectivity index (χ0v) is 11.8. The third-order valence-electron chi connectivity index (χ3n) is 3.19. The predicted molar refractivity (Wildman–Crippen MR) is 78.2 cm³/mol. The highest BCUT2D eigenvalue weighted by Gasteiger charge is 2.12. The maximum Gasteiger partial charge on any atom is 0.328 e. The molecule has 20 heavy (non-hydrogen) atoms. The van der Waals surface area contributed by atoms with E-state index in [4.69, 9.17) is 0 Å². The van der Waals surface area contributed by atoms with Crippen LogP contribution in [0, 0.1) is 0 Å². The number of benzene rings is 1. The molecule has 1 amide bonds. The summed E-state index contributed by atoms with van der Waals surface area (Å²) in [6.07, 6.45) is 1.63. The highest BCUT2D eigenvalue weighted by Crippen LogP contribution is 2.16. The van der Waals surface area contributed by atoms with Crippen LogP contribution in [-0.2, 0) is 14.1 Å². The Hall–Kier alpha value is -2.41. The van der Waals surface area contributed by atoms with Crippen LogP contribution in [0.25, 0.3) is 11.0 Å². The van der Waals surface area contributed by atoms with Gasteiger partial charge in [0, 0.05) is 31.2 Å². The molecular formula is C13H12N4O2S. The standard InChI is InChI=1S/C13H12N4O2S/c1-16-9-4-3-8(7-10(9)17(2)13(16)19)11(18)15-12-14-5-6-20-12/h3-7H,1-2H3,(H,14,15,18). The maximum atomic E-state index is 12.1. The molecule has 0 aliphatic rings. The van der Waals surface area contributed by atoms with Crippen molar-refractivity contribution < 1.29 is 4.79 Å². The Balaban J connectivity index is 2.03. The highest BCUT2D eigenvalue weighted by molar-refractivity contribution is 7.13. The number of nitrogens with zero attached hydrogens (tertiary/aromatic N) is 3. The first-order valence-corrected chi connectivity index (χ1v) is 6.82. The average molecular weight is 288 g/mol. The molecule has 3 aromatic rings. The largest absolute Gasteiger partial charge is 0.328 e. The molecule has 0 unspecified atom stereocenters. The number of thiazole rings is 1. The Morgan fingerprint density at radius 2 is 2.00 bits per heavy atom. The third kappa shape index (κ3) is 1.92. The lowest BCUT2D eigenvalue weighted by atomic mass is 10.2. The number of imidazole rings is 1. The van der Waals surface area contributed by atoms with Crippen molar-refractivity contribution in [2.75, 3.05) is 5.32 Å². The van der Waals surface area contributed by atoms with Crippen molar-refractivity contribution >= 4 is 33.4 Å². The van der Waals surface area contributed by atoms with Crippen molar-refractivity contribution in [3.63, 3.8) is 0 Å². The monoisotopic (exact) mass is 288 g/mol. The molecule has 0 fully saturated rings. The average Bonchev–Trinajstić information content (AvgIpc) is 3.03. The van der Waals surface area contributed by atoms with Gasteiger partial charge in [-0.2, -0.15) is 0 Å². The Labute approximate surface area is 118 Å². The molecule has 7 heteroatoms. The van der Waals surface area contributed by atoms with Crippen LogP contribution in [0.3, 0.4) is 0 Å². The zero-order valence-electron chi connectivity index (χ0n) is 11.0. The van der Waals surface area contributed by atoms with Gasteiger partial charge in [0.1, 0.15) is 0 Å². The second-order valence-electron chi connectivity index (χ2n) is 4.40. The number of aromatic nitrogens is 3. The number of fused-ring (bicyclic) bond motifs is 1. The molecule has 2 aromatic heterocycles. The Morgan fingerprint density at radius 3 is 2.70 bits per heavy atom. The summed E-state index contributed by atoms with van der Waals surface area (Å²) in [5, 5.41) is 5.06. The molecule has 102 valence electrons. The molecule has 0 bridgehead atoms. The number of nitrogens with one attached hydrogen (secondary N) is 1. The van der Waals surface area contributed by atoms with Crippen LogP contribution in [0.2, 0.25) is 0 Å². The predicted octanol–water partition coefficient (Wildman–Crippen LogP) is 1.59. The van der Waals surface area contributed by atoms with Gasteiger partial charge in [-0.25, -0.2) is 9.78 Å². The van der Waals surface area contributed by atoms with E-state index in [9.17, 15) is 9.59 Å². The molecule has 1 N–H and O–H groups in total. The van der Waals surface area contributed by atoms with E-state index in [1.807, 2.05) is 0 Å². The Morgan fingerprint density at radius 1 is 1.25 bits per heavy atom. The molecule has 2 heterocycles. The van der Waals surface area contributed by atoms with Gasteiger partial charge in [0.2, 0.25) is 0 Å². The molecule has 0 atom stereocenters. The number of hydrogen-bond acceptors (Lipinski definition) is 4. The summed E-state index contributed by atoms with van der Waals surface area (Å²) in [4.78, 5) is 28.0. The summed E-state index contributed by atoms with van der Waals surface area (Å²) in [6.45, 7) is 0. The van der Waals surface area contributed by atoms with E-state index in [1.165, 1.54) is 15.9 Å². The van der Waals surface area contributed by atoms with Crippen LogP contribution >= 0.6 is 11.3 Å². The molecule has 1 aromatic carbocycles. The number of anilines is 1. The van der Waals surface area contributed by atoms with Crippen LogP contribution in [0.5, 0.6) is 0 Å². The SMILES string of the molecule is Cn1c(=O)n(C)c2cc(C(=O)Nc3nccs3)ccc21. The van der Waals surface area contributed by atoms with E-state index in [0.717, 1.165) is 11.0 Å².